The molecule has 1 fully saturated rings. The Morgan fingerprint density at radius 3 is 2.63 bits per heavy atom. The van der Waals surface area contributed by atoms with Crippen molar-refractivity contribution in [3.63, 3.8) is 0 Å². The third-order valence-corrected chi connectivity index (χ3v) is 5.47. The zero-order valence-electron chi connectivity index (χ0n) is 15.6. The number of methoxy groups -OCH3 is 1. The lowest BCUT2D eigenvalue weighted by Gasteiger charge is -2.25. The minimum absolute atomic E-state index is 0.0471. The van der Waals surface area contributed by atoms with E-state index < -0.39 is 0 Å². The number of amides is 1. The number of nitrogens with zero attached hydrogens (tertiary/aromatic N) is 1. The van der Waals surface area contributed by atoms with Crippen molar-refractivity contribution in [2.24, 2.45) is 0 Å². The van der Waals surface area contributed by atoms with Gasteiger partial charge in [-0.25, -0.2) is 0 Å². The highest BCUT2D eigenvalue weighted by molar-refractivity contribution is 6.10. The SMILES string of the molecule is COc1ccc(N2Cc3ccc(CO)cc3C2=O)cc1OC1CCCCC1. The van der Waals surface area contributed by atoms with Crippen LogP contribution in [0.2, 0.25) is 0 Å². The summed E-state index contributed by atoms with van der Waals surface area (Å²) >= 11 is 0. The molecule has 4 rings (SSSR count). The standard InChI is InChI=1S/C22H25NO4/c1-26-20-10-9-17(12-21(20)27-18-5-3-2-4-6-18)23-13-16-8-7-15(14-24)11-19(16)22(23)25/h7-12,18,24H,2-6,13-14H2,1H3. The van der Waals surface area contributed by atoms with E-state index in [0.717, 1.165) is 29.7 Å². The highest BCUT2D eigenvalue weighted by Gasteiger charge is 2.29. The maximum absolute atomic E-state index is 12.9. The average molecular weight is 367 g/mol. The first-order valence-corrected chi connectivity index (χ1v) is 9.59. The first-order chi connectivity index (χ1) is 13.2. The fourth-order valence-electron chi connectivity index (χ4n) is 3.94. The fourth-order valence-corrected chi connectivity index (χ4v) is 3.94. The molecule has 0 aromatic heterocycles. The summed E-state index contributed by atoms with van der Waals surface area (Å²) in [6, 6.07) is 11.2. The average Bonchev–Trinajstić information content (AvgIpc) is 3.04. The van der Waals surface area contributed by atoms with Crippen LogP contribution < -0.4 is 14.4 Å². The molecule has 2 aromatic carbocycles. The molecular weight excluding hydrogens is 342 g/mol. The number of carbonyl (C=O) groups excluding carboxylic acids is 1. The summed E-state index contributed by atoms with van der Waals surface area (Å²) in [6.45, 7) is 0.456. The van der Waals surface area contributed by atoms with E-state index in [-0.39, 0.29) is 18.6 Å². The Kier molecular flexibility index (Phi) is 5.03. The fraction of sp³-hybridized carbons (Fsp3) is 0.409. The molecule has 2 aliphatic rings. The molecule has 1 N–H and O–H groups in total. The van der Waals surface area contributed by atoms with Crippen molar-refractivity contribution < 1.29 is 19.4 Å². The molecule has 1 aliphatic heterocycles. The van der Waals surface area contributed by atoms with E-state index in [2.05, 4.69) is 0 Å². The van der Waals surface area contributed by atoms with Crippen LogP contribution >= 0.6 is 0 Å². The number of rotatable bonds is 5. The largest absolute Gasteiger partial charge is 0.493 e. The zero-order valence-corrected chi connectivity index (χ0v) is 15.6. The lowest BCUT2D eigenvalue weighted by Crippen LogP contribution is -2.24. The van der Waals surface area contributed by atoms with Crippen molar-refractivity contribution >= 4 is 11.6 Å². The van der Waals surface area contributed by atoms with E-state index >= 15 is 0 Å². The third-order valence-electron chi connectivity index (χ3n) is 5.47. The Balaban J connectivity index is 1.60. The van der Waals surface area contributed by atoms with Crippen molar-refractivity contribution in [1.82, 2.24) is 0 Å². The van der Waals surface area contributed by atoms with Gasteiger partial charge in [0.15, 0.2) is 11.5 Å². The van der Waals surface area contributed by atoms with Gasteiger partial charge < -0.3 is 19.5 Å². The second-order valence-electron chi connectivity index (χ2n) is 7.25. The first-order valence-electron chi connectivity index (χ1n) is 9.59. The molecule has 0 atom stereocenters. The predicted molar refractivity (Wildman–Crippen MR) is 103 cm³/mol. The van der Waals surface area contributed by atoms with Crippen LogP contribution in [0.25, 0.3) is 0 Å². The van der Waals surface area contributed by atoms with Gasteiger partial charge in [0.2, 0.25) is 0 Å². The Morgan fingerprint density at radius 1 is 1.07 bits per heavy atom. The van der Waals surface area contributed by atoms with Gasteiger partial charge >= 0.3 is 0 Å². The maximum Gasteiger partial charge on any atom is 0.258 e. The number of aliphatic hydroxyl groups excluding tert-OH is 1. The molecule has 1 heterocycles. The quantitative estimate of drug-likeness (QED) is 0.866. The molecule has 142 valence electrons. The van der Waals surface area contributed by atoms with Crippen molar-refractivity contribution in [3.8, 4) is 11.5 Å². The summed E-state index contributed by atoms with van der Waals surface area (Å²) in [5, 5.41) is 9.33. The molecule has 0 spiro atoms. The van der Waals surface area contributed by atoms with Crippen LogP contribution in [0.5, 0.6) is 11.5 Å². The van der Waals surface area contributed by atoms with Gasteiger partial charge in [0.1, 0.15) is 0 Å². The normalized spacial score (nSPS) is 17.1. The van der Waals surface area contributed by atoms with Gasteiger partial charge in [-0.1, -0.05) is 18.6 Å². The lowest BCUT2D eigenvalue weighted by molar-refractivity contribution is 0.0996. The maximum atomic E-state index is 12.9. The van der Waals surface area contributed by atoms with Crippen LogP contribution in [-0.4, -0.2) is 24.2 Å². The summed E-state index contributed by atoms with van der Waals surface area (Å²) in [7, 11) is 1.63. The van der Waals surface area contributed by atoms with Gasteiger partial charge in [0.25, 0.3) is 5.91 Å². The number of anilines is 1. The van der Waals surface area contributed by atoms with Crippen LogP contribution in [0.15, 0.2) is 36.4 Å². The minimum atomic E-state index is -0.0670. The van der Waals surface area contributed by atoms with Crippen LogP contribution in [0.1, 0.15) is 53.6 Å². The summed E-state index contributed by atoms with van der Waals surface area (Å²) < 4.78 is 11.7. The molecular formula is C22H25NO4. The molecule has 5 heteroatoms. The number of ether oxygens (including phenoxy) is 2. The monoisotopic (exact) mass is 367 g/mol. The van der Waals surface area contributed by atoms with Crippen LogP contribution in [0.4, 0.5) is 5.69 Å². The minimum Gasteiger partial charge on any atom is -0.493 e. The smallest absolute Gasteiger partial charge is 0.258 e. The number of fused-ring (bicyclic) bond motifs is 1. The Labute approximate surface area is 159 Å². The van der Waals surface area contributed by atoms with Crippen molar-refractivity contribution in [2.45, 2.75) is 51.4 Å². The molecule has 1 aliphatic carbocycles. The van der Waals surface area contributed by atoms with E-state index in [9.17, 15) is 9.90 Å². The number of hydrogen-bond donors (Lipinski definition) is 1. The van der Waals surface area contributed by atoms with E-state index in [1.54, 1.807) is 18.1 Å². The van der Waals surface area contributed by atoms with Gasteiger partial charge in [0, 0.05) is 17.3 Å². The van der Waals surface area contributed by atoms with Gasteiger partial charge in [-0.15, -0.1) is 0 Å². The lowest BCUT2D eigenvalue weighted by atomic mass is 9.98. The second-order valence-corrected chi connectivity index (χ2v) is 7.25. The van der Waals surface area contributed by atoms with Crippen molar-refractivity contribution in [2.75, 3.05) is 12.0 Å². The highest BCUT2D eigenvalue weighted by Crippen LogP contribution is 2.37. The number of benzene rings is 2. The number of hydrogen-bond acceptors (Lipinski definition) is 4. The predicted octanol–water partition coefficient (Wildman–Crippen LogP) is 4.06. The van der Waals surface area contributed by atoms with E-state index in [4.69, 9.17) is 9.47 Å². The zero-order chi connectivity index (χ0) is 18.8. The summed E-state index contributed by atoms with van der Waals surface area (Å²) in [5.41, 5.74) is 3.18. The summed E-state index contributed by atoms with van der Waals surface area (Å²) in [6.07, 6.45) is 5.99. The summed E-state index contributed by atoms with van der Waals surface area (Å²) in [4.78, 5) is 14.6. The van der Waals surface area contributed by atoms with E-state index in [1.807, 2.05) is 30.3 Å². The van der Waals surface area contributed by atoms with Crippen LogP contribution in [0.3, 0.4) is 0 Å². The number of aliphatic hydroxyl groups is 1. The van der Waals surface area contributed by atoms with E-state index in [1.165, 1.54) is 19.3 Å². The molecule has 2 aromatic rings. The Bertz CT molecular complexity index is 842. The summed E-state index contributed by atoms with van der Waals surface area (Å²) in [5.74, 6) is 1.34. The first kappa shape index (κ1) is 17.9. The number of carbonyl (C=O) groups is 1. The van der Waals surface area contributed by atoms with Crippen LogP contribution in [0, 0.1) is 0 Å². The van der Waals surface area contributed by atoms with Gasteiger partial charge in [-0.3, -0.25) is 4.79 Å². The molecule has 1 amide bonds. The molecule has 1 saturated carbocycles. The Hall–Kier alpha value is -2.53. The Morgan fingerprint density at radius 2 is 1.89 bits per heavy atom. The van der Waals surface area contributed by atoms with Crippen molar-refractivity contribution in [1.29, 1.82) is 0 Å². The van der Waals surface area contributed by atoms with E-state index in [0.29, 0.717) is 23.6 Å². The van der Waals surface area contributed by atoms with Crippen LogP contribution in [-0.2, 0) is 13.2 Å². The molecule has 0 bridgehead atoms. The molecule has 5 nitrogen and oxygen atoms in total. The topological polar surface area (TPSA) is 59.0 Å². The molecule has 27 heavy (non-hydrogen) atoms. The molecule has 0 radical (unpaired) electrons. The highest BCUT2D eigenvalue weighted by atomic mass is 16.5. The van der Waals surface area contributed by atoms with Crippen molar-refractivity contribution in [3.05, 3.63) is 53.1 Å². The van der Waals surface area contributed by atoms with Gasteiger partial charge in [-0.2, -0.15) is 0 Å². The van der Waals surface area contributed by atoms with Gasteiger partial charge in [-0.05, 0) is 55.0 Å². The van der Waals surface area contributed by atoms with Gasteiger partial charge in [0.05, 0.1) is 26.4 Å². The molecule has 0 unspecified atom stereocenters. The molecule has 0 saturated heterocycles. The third kappa shape index (κ3) is 3.52. The second kappa shape index (κ2) is 7.61.